The van der Waals surface area contributed by atoms with Gasteiger partial charge in [0.05, 0.1) is 0 Å². The van der Waals surface area contributed by atoms with Gasteiger partial charge in [0.1, 0.15) is 0 Å². The number of likely N-dealkylation sites (tertiary alicyclic amines) is 1. The summed E-state index contributed by atoms with van der Waals surface area (Å²) in [5, 5.41) is 3.67. The lowest BCUT2D eigenvalue weighted by molar-refractivity contribution is 0.168. The summed E-state index contributed by atoms with van der Waals surface area (Å²) >= 11 is 2.14. The summed E-state index contributed by atoms with van der Waals surface area (Å²) in [6.45, 7) is 7.48. The van der Waals surface area contributed by atoms with Crippen molar-refractivity contribution in [2.45, 2.75) is 45.1 Å². The molecule has 2 saturated heterocycles. The molecule has 2 nitrogen and oxygen atoms in total. The molecule has 0 aromatic heterocycles. The molecule has 0 aliphatic carbocycles. The molecule has 0 amide bonds. The minimum atomic E-state index is 0.799. The number of nitrogens with zero attached hydrogens (tertiary/aromatic N) is 1. The molecule has 100 valence electrons. The van der Waals surface area contributed by atoms with Crippen molar-refractivity contribution >= 4 is 11.8 Å². The van der Waals surface area contributed by atoms with Gasteiger partial charge in [0.2, 0.25) is 0 Å². The Labute approximate surface area is 111 Å². The maximum absolute atomic E-state index is 3.67. The van der Waals surface area contributed by atoms with Crippen LogP contribution in [0.25, 0.3) is 0 Å². The predicted octanol–water partition coefficient (Wildman–Crippen LogP) is 2.59. The molecule has 1 N–H and O–H groups in total. The third-order valence-electron chi connectivity index (χ3n) is 4.13. The van der Waals surface area contributed by atoms with E-state index in [1.54, 1.807) is 0 Å². The normalized spacial score (nSPS) is 25.2. The van der Waals surface area contributed by atoms with E-state index in [2.05, 4.69) is 28.9 Å². The van der Waals surface area contributed by atoms with Crippen LogP contribution < -0.4 is 5.32 Å². The maximum atomic E-state index is 3.67. The first-order valence-electron chi connectivity index (χ1n) is 7.42. The van der Waals surface area contributed by atoms with Crippen LogP contribution in [0.2, 0.25) is 0 Å². The van der Waals surface area contributed by atoms with Crippen LogP contribution in [0.4, 0.5) is 0 Å². The number of thioether (sulfide) groups is 1. The van der Waals surface area contributed by atoms with Gasteiger partial charge >= 0.3 is 0 Å². The van der Waals surface area contributed by atoms with E-state index in [-0.39, 0.29) is 0 Å². The second-order valence-corrected chi connectivity index (χ2v) is 6.81. The van der Waals surface area contributed by atoms with E-state index in [9.17, 15) is 0 Å². The van der Waals surface area contributed by atoms with Crippen molar-refractivity contribution in [2.75, 3.05) is 37.7 Å². The Balaban J connectivity index is 1.61. The Bertz CT molecular complexity index is 196. The van der Waals surface area contributed by atoms with Gasteiger partial charge in [-0.25, -0.2) is 0 Å². The van der Waals surface area contributed by atoms with Crippen LogP contribution in [0.5, 0.6) is 0 Å². The molecule has 0 saturated carbocycles. The summed E-state index contributed by atoms with van der Waals surface area (Å²) in [5.41, 5.74) is 0. The molecule has 2 aliphatic heterocycles. The molecule has 2 aliphatic rings. The summed E-state index contributed by atoms with van der Waals surface area (Å²) in [6, 6.07) is 0.799. The van der Waals surface area contributed by atoms with Crippen molar-refractivity contribution in [1.82, 2.24) is 10.2 Å². The minimum absolute atomic E-state index is 0.799. The van der Waals surface area contributed by atoms with Crippen molar-refractivity contribution in [3.63, 3.8) is 0 Å². The molecule has 0 atom stereocenters. The smallest absolute Gasteiger partial charge is 0.00914 e. The summed E-state index contributed by atoms with van der Waals surface area (Å²) < 4.78 is 0. The molecule has 17 heavy (non-hydrogen) atoms. The van der Waals surface area contributed by atoms with Gasteiger partial charge in [-0.15, -0.1) is 0 Å². The van der Waals surface area contributed by atoms with Crippen molar-refractivity contribution in [3.05, 3.63) is 0 Å². The van der Waals surface area contributed by atoms with Gasteiger partial charge in [-0.05, 0) is 69.2 Å². The Morgan fingerprint density at radius 2 is 1.82 bits per heavy atom. The topological polar surface area (TPSA) is 15.3 Å². The van der Waals surface area contributed by atoms with Gasteiger partial charge in [0, 0.05) is 12.6 Å². The van der Waals surface area contributed by atoms with Crippen LogP contribution in [0.3, 0.4) is 0 Å². The molecule has 2 rings (SSSR count). The average Bonchev–Trinajstić information content (AvgIpc) is 2.39. The van der Waals surface area contributed by atoms with E-state index < -0.39 is 0 Å². The van der Waals surface area contributed by atoms with E-state index >= 15 is 0 Å². The van der Waals surface area contributed by atoms with Gasteiger partial charge in [-0.1, -0.05) is 6.92 Å². The summed E-state index contributed by atoms with van der Waals surface area (Å²) in [7, 11) is 0. The lowest BCUT2D eigenvalue weighted by atomic mass is 9.99. The first-order chi connectivity index (χ1) is 8.38. The van der Waals surface area contributed by atoms with Crippen LogP contribution in [-0.4, -0.2) is 48.6 Å². The summed E-state index contributed by atoms with van der Waals surface area (Å²) in [5.74, 6) is 3.80. The minimum Gasteiger partial charge on any atom is -0.314 e. The van der Waals surface area contributed by atoms with Crippen LogP contribution in [-0.2, 0) is 0 Å². The molecule has 0 bridgehead atoms. The molecular weight excluding hydrogens is 228 g/mol. The van der Waals surface area contributed by atoms with Gasteiger partial charge in [-0.2, -0.15) is 11.8 Å². The van der Waals surface area contributed by atoms with Crippen molar-refractivity contribution in [2.24, 2.45) is 5.92 Å². The number of rotatable bonds is 5. The van der Waals surface area contributed by atoms with Gasteiger partial charge in [-0.3, -0.25) is 0 Å². The van der Waals surface area contributed by atoms with E-state index in [1.807, 2.05) is 0 Å². The lowest BCUT2D eigenvalue weighted by Gasteiger charge is -2.35. The van der Waals surface area contributed by atoms with Crippen LogP contribution in [0.1, 0.15) is 39.0 Å². The fraction of sp³-hybridized carbons (Fsp3) is 1.00. The lowest BCUT2D eigenvalue weighted by Crippen LogP contribution is -2.44. The molecular formula is C14H28N2S. The van der Waals surface area contributed by atoms with Crippen LogP contribution in [0, 0.1) is 5.92 Å². The highest BCUT2D eigenvalue weighted by Crippen LogP contribution is 2.24. The molecule has 3 heteroatoms. The molecule has 0 aromatic rings. The molecule has 2 fully saturated rings. The Hall–Kier alpha value is 0.270. The molecule has 0 radical (unpaired) electrons. The number of hydrogen-bond acceptors (Lipinski definition) is 3. The largest absolute Gasteiger partial charge is 0.314 e. The first kappa shape index (κ1) is 13.7. The standard InChI is InChI=1S/C14H28N2S/c1-2-7-15-14-3-8-16(9-4-14)12-13-5-10-17-11-6-13/h13-15H,2-12H2,1H3. The van der Waals surface area contributed by atoms with Crippen molar-refractivity contribution < 1.29 is 0 Å². The van der Waals surface area contributed by atoms with E-state index in [0.29, 0.717) is 0 Å². The Morgan fingerprint density at radius 1 is 1.12 bits per heavy atom. The van der Waals surface area contributed by atoms with E-state index in [0.717, 1.165) is 12.0 Å². The zero-order valence-corrected chi connectivity index (χ0v) is 12.1. The first-order valence-corrected chi connectivity index (χ1v) is 8.57. The quantitative estimate of drug-likeness (QED) is 0.814. The summed E-state index contributed by atoms with van der Waals surface area (Å²) in [6.07, 6.45) is 6.90. The van der Waals surface area contributed by atoms with E-state index in [4.69, 9.17) is 0 Å². The maximum Gasteiger partial charge on any atom is 0.00914 e. The molecule has 0 spiro atoms. The zero-order chi connectivity index (χ0) is 11.9. The SMILES string of the molecule is CCCNC1CCN(CC2CCSCC2)CC1. The van der Waals surface area contributed by atoms with Crippen molar-refractivity contribution in [1.29, 1.82) is 0 Å². The zero-order valence-electron chi connectivity index (χ0n) is 11.3. The number of hydrogen-bond donors (Lipinski definition) is 1. The highest BCUT2D eigenvalue weighted by atomic mass is 32.2. The second kappa shape index (κ2) is 7.65. The van der Waals surface area contributed by atoms with Crippen LogP contribution in [0.15, 0.2) is 0 Å². The summed E-state index contributed by atoms with van der Waals surface area (Å²) in [4.78, 5) is 2.71. The predicted molar refractivity (Wildman–Crippen MR) is 77.8 cm³/mol. The highest BCUT2D eigenvalue weighted by Gasteiger charge is 2.22. The van der Waals surface area contributed by atoms with Crippen LogP contribution >= 0.6 is 11.8 Å². The third-order valence-corrected chi connectivity index (χ3v) is 5.18. The van der Waals surface area contributed by atoms with Crippen molar-refractivity contribution in [3.8, 4) is 0 Å². The fourth-order valence-corrected chi connectivity index (χ4v) is 4.17. The Morgan fingerprint density at radius 3 is 2.47 bits per heavy atom. The number of nitrogens with one attached hydrogen (secondary N) is 1. The fourth-order valence-electron chi connectivity index (χ4n) is 2.96. The third kappa shape index (κ3) is 4.80. The van der Waals surface area contributed by atoms with Gasteiger partial charge in [0.25, 0.3) is 0 Å². The number of piperidine rings is 1. The molecule has 0 aromatic carbocycles. The average molecular weight is 256 g/mol. The monoisotopic (exact) mass is 256 g/mol. The second-order valence-electron chi connectivity index (χ2n) is 5.58. The van der Waals surface area contributed by atoms with E-state index in [1.165, 1.54) is 69.8 Å². The molecule has 2 heterocycles. The highest BCUT2D eigenvalue weighted by molar-refractivity contribution is 7.99. The van der Waals surface area contributed by atoms with Gasteiger partial charge in [0.15, 0.2) is 0 Å². The Kier molecular flexibility index (Phi) is 6.16. The molecule has 0 unspecified atom stereocenters. The van der Waals surface area contributed by atoms with Gasteiger partial charge < -0.3 is 10.2 Å².